The highest BCUT2D eigenvalue weighted by Gasteiger charge is 2.69. The van der Waals surface area contributed by atoms with Gasteiger partial charge in [0.1, 0.15) is 6.23 Å². The monoisotopic (exact) mass is 371 g/mol. The molecule has 1 N–H and O–H groups in total. The fraction of sp³-hybridized carbons (Fsp3) is 1.00. The lowest BCUT2D eigenvalue weighted by molar-refractivity contribution is -0.577. The first-order chi connectivity index (χ1) is 12.3. The normalized spacial score (nSPS) is 51.8. The summed E-state index contributed by atoms with van der Waals surface area (Å²) in [4.78, 5) is 13.6. The van der Waals surface area contributed by atoms with Gasteiger partial charge in [-0.25, -0.2) is 9.78 Å². The van der Waals surface area contributed by atoms with E-state index < -0.39 is 30.2 Å². The van der Waals surface area contributed by atoms with Crippen molar-refractivity contribution in [2.45, 2.75) is 76.7 Å². The van der Waals surface area contributed by atoms with Gasteiger partial charge in [0.25, 0.3) is 0 Å². The number of ether oxygens (including phenoxy) is 3. The third-order valence-corrected chi connectivity index (χ3v) is 7.10. The molecule has 4 aliphatic heterocycles. The van der Waals surface area contributed by atoms with Crippen LogP contribution in [0.5, 0.6) is 0 Å². The molecule has 0 aromatic heterocycles. The van der Waals surface area contributed by atoms with E-state index in [1.165, 1.54) is 6.42 Å². The molecule has 7 heteroatoms. The molecule has 5 rings (SSSR count). The van der Waals surface area contributed by atoms with Crippen LogP contribution >= 0.6 is 0 Å². The smallest absolute Gasteiger partial charge is 0.201 e. The summed E-state index contributed by atoms with van der Waals surface area (Å²) in [7, 11) is 3.64. The molecule has 26 heavy (non-hydrogen) atoms. The molecule has 2 bridgehead atoms. The van der Waals surface area contributed by atoms with Gasteiger partial charge in [0, 0.05) is 18.3 Å². The largest absolute Gasteiger partial charge is 0.376 e. The highest BCUT2D eigenvalue weighted by atomic mass is 17.3. The SMILES string of the molecule is C[C@H]1[C@@H](OCC(O)N(C)C)O[C@@H]2O[C@@]3(C)CC[C@H]4[C@H](C)CC[C@@H]1[C@@]24OO3. The van der Waals surface area contributed by atoms with Crippen LogP contribution in [0, 0.1) is 23.7 Å². The summed E-state index contributed by atoms with van der Waals surface area (Å²) in [6.07, 6.45) is 2.44. The molecule has 1 unspecified atom stereocenters. The van der Waals surface area contributed by atoms with Crippen LogP contribution in [0.25, 0.3) is 0 Å². The van der Waals surface area contributed by atoms with Crippen molar-refractivity contribution in [1.29, 1.82) is 0 Å². The summed E-state index contributed by atoms with van der Waals surface area (Å²) in [5.74, 6) is 0.500. The topological polar surface area (TPSA) is 69.6 Å². The van der Waals surface area contributed by atoms with Gasteiger partial charge in [0.05, 0.1) is 6.61 Å². The maximum atomic E-state index is 10.0. The molecule has 0 aromatic carbocycles. The van der Waals surface area contributed by atoms with Crippen molar-refractivity contribution in [3.8, 4) is 0 Å². The van der Waals surface area contributed by atoms with Crippen LogP contribution in [-0.4, -0.2) is 60.9 Å². The Bertz CT molecular complexity index is 532. The molecule has 4 saturated heterocycles. The Balaban J connectivity index is 1.60. The molecular formula is C19H33NO6. The Morgan fingerprint density at radius 2 is 1.92 bits per heavy atom. The van der Waals surface area contributed by atoms with Crippen molar-refractivity contribution in [1.82, 2.24) is 4.90 Å². The summed E-state index contributed by atoms with van der Waals surface area (Å²) in [5, 5.41) is 10.0. The van der Waals surface area contributed by atoms with Gasteiger partial charge in [0.15, 0.2) is 18.2 Å². The van der Waals surface area contributed by atoms with Crippen LogP contribution in [0.4, 0.5) is 0 Å². The standard InChI is InChI=1S/C19H33NO6/c1-11-6-7-14-12(2)16(22-10-15(21)20(4)5)23-17-19(14)13(11)8-9-18(3,24-17)25-26-19/h11-17,21H,6-10H2,1-5H3/t11-,12-,13+,14+,15?,16+,17-,18-,19-/m1/s1. The Hall–Kier alpha value is -0.280. The average molecular weight is 371 g/mol. The second kappa shape index (κ2) is 6.65. The minimum atomic E-state index is -0.772. The van der Waals surface area contributed by atoms with E-state index >= 15 is 0 Å². The van der Waals surface area contributed by atoms with Gasteiger partial charge in [-0.2, -0.15) is 0 Å². The van der Waals surface area contributed by atoms with Gasteiger partial charge in [-0.15, -0.1) is 0 Å². The lowest BCUT2D eigenvalue weighted by Gasteiger charge is -2.60. The number of fused-ring (bicyclic) bond motifs is 2. The quantitative estimate of drug-likeness (QED) is 0.599. The number of aliphatic hydroxyl groups is 1. The van der Waals surface area contributed by atoms with E-state index in [1.807, 2.05) is 21.0 Å². The van der Waals surface area contributed by atoms with E-state index in [1.54, 1.807) is 4.90 Å². The predicted octanol–water partition coefficient (Wildman–Crippen LogP) is 2.09. The van der Waals surface area contributed by atoms with Gasteiger partial charge in [-0.05, 0) is 52.1 Å². The molecule has 0 radical (unpaired) electrons. The molecule has 4 heterocycles. The van der Waals surface area contributed by atoms with E-state index in [0.717, 1.165) is 19.3 Å². The molecule has 7 nitrogen and oxygen atoms in total. The first kappa shape index (κ1) is 19.1. The molecule has 1 saturated carbocycles. The Labute approximate surface area is 155 Å². The summed E-state index contributed by atoms with van der Waals surface area (Å²) >= 11 is 0. The molecule has 1 spiro atoms. The van der Waals surface area contributed by atoms with Gasteiger partial charge >= 0.3 is 0 Å². The first-order valence-corrected chi connectivity index (χ1v) is 9.93. The van der Waals surface area contributed by atoms with Crippen LogP contribution in [0.2, 0.25) is 0 Å². The lowest BCUT2D eigenvalue weighted by atomic mass is 9.58. The van der Waals surface area contributed by atoms with Gasteiger partial charge in [-0.3, -0.25) is 4.90 Å². The van der Waals surface area contributed by atoms with Gasteiger partial charge in [-0.1, -0.05) is 13.8 Å². The van der Waals surface area contributed by atoms with Crippen molar-refractivity contribution in [2.75, 3.05) is 20.7 Å². The number of rotatable bonds is 4. The second-order valence-corrected chi connectivity index (χ2v) is 9.05. The van der Waals surface area contributed by atoms with Crippen LogP contribution in [0.1, 0.15) is 46.5 Å². The number of aliphatic hydroxyl groups excluding tert-OH is 1. The predicted molar refractivity (Wildman–Crippen MR) is 92.5 cm³/mol. The Morgan fingerprint density at radius 1 is 1.15 bits per heavy atom. The minimum Gasteiger partial charge on any atom is -0.376 e. The highest BCUT2D eigenvalue weighted by Crippen LogP contribution is 2.60. The Morgan fingerprint density at radius 3 is 2.65 bits per heavy atom. The molecule has 150 valence electrons. The lowest BCUT2D eigenvalue weighted by Crippen LogP contribution is -2.70. The van der Waals surface area contributed by atoms with Crippen molar-refractivity contribution in [3.05, 3.63) is 0 Å². The number of likely N-dealkylation sites (N-methyl/N-ethyl adjacent to an activating group) is 1. The minimum absolute atomic E-state index is 0.130. The third kappa shape index (κ3) is 2.83. The first-order valence-electron chi connectivity index (χ1n) is 9.93. The molecule has 9 atom stereocenters. The van der Waals surface area contributed by atoms with Crippen LogP contribution in [-0.2, 0) is 24.0 Å². The van der Waals surface area contributed by atoms with Gasteiger partial charge < -0.3 is 19.3 Å². The zero-order valence-corrected chi connectivity index (χ0v) is 16.5. The maximum Gasteiger partial charge on any atom is 0.201 e. The van der Waals surface area contributed by atoms with Crippen LogP contribution < -0.4 is 0 Å². The third-order valence-electron chi connectivity index (χ3n) is 7.10. The van der Waals surface area contributed by atoms with E-state index in [4.69, 9.17) is 24.0 Å². The maximum absolute atomic E-state index is 10.0. The number of hydrogen-bond acceptors (Lipinski definition) is 7. The molecule has 0 aromatic rings. The van der Waals surface area contributed by atoms with Crippen molar-refractivity contribution >= 4 is 0 Å². The van der Waals surface area contributed by atoms with Gasteiger partial charge in [0.2, 0.25) is 5.79 Å². The molecule has 5 fully saturated rings. The number of nitrogens with zero attached hydrogens (tertiary/aromatic N) is 1. The molecular weight excluding hydrogens is 338 g/mol. The average Bonchev–Trinajstić information content (AvgIpc) is 2.82. The molecule has 1 aliphatic carbocycles. The molecule has 5 aliphatic rings. The zero-order chi connectivity index (χ0) is 18.7. The molecule has 0 amide bonds. The fourth-order valence-corrected chi connectivity index (χ4v) is 5.39. The zero-order valence-electron chi connectivity index (χ0n) is 16.5. The fourth-order valence-electron chi connectivity index (χ4n) is 5.39. The van der Waals surface area contributed by atoms with E-state index in [0.29, 0.717) is 11.8 Å². The van der Waals surface area contributed by atoms with Crippen LogP contribution in [0.15, 0.2) is 0 Å². The summed E-state index contributed by atoms with van der Waals surface area (Å²) in [6.45, 7) is 6.57. The van der Waals surface area contributed by atoms with E-state index in [9.17, 15) is 5.11 Å². The van der Waals surface area contributed by atoms with Crippen molar-refractivity contribution < 1.29 is 29.1 Å². The highest BCUT2D eigenvalue weighted by molar-refractivity contribution is 5.09. The number of hydrogen-bond donors (Lipinski definition) is 1. The Kier molecular flexibility index (Phi) is 4.88. The van der Waals surface area contributed by atoms with E-state index in [2.05, 4.69) is 13.8 Å². The summed E-state index contributed by atoms with van der Waals surface area (Å²) < 4.78 is 18.6. The van der Waals surface area contributed by atoms with Crippen molar-refractivity contribution in [3.63, 3.8) is 0 Å². The van der Waals surface area contributed by atoms with Crippen LogP contribution in [0.3, 0.4) is 0 Å². The summed E-state index contributed by atoms with van der Waals surface area (Å²) in [5.41, 5.74) is -0.562. The summed E-state index contributed by atoms with van der Waals surface area (Å²) in [6, 6.07) is 0. The van der Waals surface area contributed by atoms with E-state index in [-0.39, 0.29) is 18.4 Å². The second-order valence-electron chi connectivity index (χ2n) is 9.05. The van der Waals surface area contributed by atoms with Crippen molar-refractivity contribution in [2.24, 2.45) is 23.7 Å².